The van der Waals surface area contributed by atoms with E-state index in [0.717, 1.165) is 13.0 Å². The first-order valence-corrected chi connectivity index (χ1v) is 8.13. The van der Waals surface area contributed by atoms with Crippen molar-refractivity contribution in [3.8, 4) is 0 Å². The number of carbonyl (C=O) groups excluding carboxylic acids is 2. The molecule has 1 aromatic carbocycles. The highest BCUT2D eigenvalue weighted by molar-refractivity contribution is 6.46. The maximum Gasteiger partial charge on any atom is 0.359 e. The van der Waals surface area contributed by atoms with Crippen LogP contribution in [0.4, 0.5) is 24.5 Å². The lowest BCUT2D eigenvalue weighted by Gasteiger charge is -2.15. The Morgan fingerprint density at radius 2 is 1.78 bits per heavy atom. The Kier molecular flexibility index (Phi) is 6.40. The molecule has 0 saturated carbocycles. The molecule has 0 saturated heterocycles. The number of nitrogens with two attached hydrogens (primary N) is 1. The van der Waals surface area contributed by atoms with Gasteiger partial charge in [-0.15, -0.1) is 0 Å². The number of nitrogen functional groups attached to an aromatic ring is 1. The van der Waals surface area contributed by atoms with Crippen molar-refractivity contribution >= 4 is 58.1 Å². The lowest BCUT2D eigenvalue weighted by molar-refractivity contribution is -0.123. The van der Waals surface area contributed by atoms with E-state index in [1.54, 1.807) is 0 Å². The van der Waals surface area contributed by atoms with E-state index >= 15 is 0 Å². The summed E-state index contributed by atoms with van der Waals surface area (Å²) in [5.74, 6) is -7.00. The van der Waals surface area contributed by atoms with Gasteiger partial charge in [-0.3, -0.25) is 4.79 Å². The predicted molar refractivity (Wildman–Crippen MR) is 93.5 cm³/mol. The molecule has 1 aromatic heterocycles. The van der Waals surface area contributed by atoms with Crippen LogP contribution >= 0.6 is 34.8 Å². The van der Waals surface area contributed by atoms with Gasteiger partial charge < -0.3 is 15.8 Å². The first kappa shape index (κ1) is 21.1. The second-order valence-electron chi connectivity index (χ2n) is 5.05. The highest BCUT2D eigenvalue weighted by Crippen LogP contribution is 2.34. The molecular formula is C15H9Cl3F3N3O3. The molecule has 144 valence electrons. The number of benzene rings is 1. The van der Waals surface area contributed by atoms with Gasteiger partial charge in [0.2, 0.25) is 0 Å². The molecule has 1 amide bonds. The molecule has 0 unspecified atom stereocenters. The summed E-state index contributed by atoms with van der Waals surface area (Å²) in [5.41, 5.74) is 4.22. The number of nitrogens with one attached hydrogen (secondary N) is 1. The normalized spacial score (nSPS) is 11.8. The minimum Gasteiger partial charge on any atom is -0.448 e. The van der Waals surface area contributed by atoms with Crippen molar-refractivity contribution < 1.29 is 27.5 Å². The first-order chi connectivity index (χ1) is 12.5. The minimum atomic E-state index is -1.76. The van der Waals surface area contributed by atoms with Gasteiger partial charge in [-0.25, -0.2) is 22.9 Å². The van der Waals surface area contributed by atoms with Gasteiger partial charge in [-0.1, -0.05) is 34.8 Å². The van der Waals surface area contributed by atoms with Crippen LogP contribution in [0.15, 0.2) is 12.1 Å². The van der Waals surface area contributed by atoms with Crippen LogP contribution in [0.5, 0.6) is 0 Å². The van der Waals surface area contributed by atoms with Gasteiger partial charge >= 0.3 is 5.97 Å². The molecular weight excluding hydrogens is 434 g/mol. The number of hydrogen-bond acceptors (Lipinski definition) is 5. The van der Waals surface area contributed by atoms with Crippen molar-refractivity contribution in [1.82, 2.24) is 4.98 Å². The Balaban J connectivity index is 2.15. The SMILES string of the molecule is C[C@H](OC(=O)c1nc(Cl)c(Cl)c(N)c1Cl)C(=O)Nc1ccc(F)c(F)c1F. The average molecular weight is 443 g/mol. The van der Waals surface area contributed by atoms with E-state index in [-0.39, 0.29) is 20.9 Å². The fourth-order valence-electron chi connectivity index (χ4n) is 1.79. The summed E-state index contributed by atoms with van der Waals surface area (Å²) >= 11 is 17.3. The number of esters is 1. The van der Waals surface area contributed by atoms with Gasteiger partial charge in [0.1, 0.15) is 5.02 Å². The van der Waals surface area contributed by atoms with Crippen LogP contribution < -0.4 is 11.1 Å². The fourth-order valence-corrected chi connectivity index (χ4v) is 2.38. The van der Waals surface area contributed by atoms with Crippen LogP contribution in [0, 0.1) is 17.5 Å². The van der Waals surface area contributed by atoms with E-state index in [0.29, 0.717) is 6.07 Å². The Labute approximate surface area is 165 Å². The quantitative estimate of drug-likeness (QED) is 0.420. The van der Waals surface area contributed by atoms with Crippen molar-refractivity contribution in [2.24, 2.45) is 0 Å². The maximum absolute atomic E-state index is 13.6. The minimum absolute atomic E-state index is 0.169. The molecule has 2 aromatic rings. The number of anilines is 2. The van der Waals surface area contributed by atoms with Crippen LogP contribution in [-0.4, -0.2) is 23.0 Å². The average Bonchev–Trinajstić information content (AvgIpc) is 2.63. The number of halogens is 6. The van der Waals surface area contributed by atoms with Gasteiger partial charge in [0.25, 0.3) is 5.91 Å². The van der Waals surface area contributed by atoms with Crippen LogP contribution in [0.1, 0.15) is 17.4 Å². The molecule has 3 N–H and O–H groups in total. The number of pyridine rings is 1. The fraction of sp³-hybridized carbons (Fsp3) is 0.133. The molecule has 2 rings (SSSR count). The van der Waals surface area contributed by atoms with Gasteiger partial charge in [-0.2, -0.15) is 0 Å². The van der Waals surface area contributed by atoms with Crippen molar-refractivity contribution in [1.29, 1.82) is 0 Å². The van der Waals surface area contributed by atoms with Crippen molar-refractivity contribution in [3.63, 3.8) is 0 Å². The topological polar surface area (TPSA) is 94.3 Å². The van der Waals surface area contributed by atoms with Crippen molar-refractivity contribution in [3.05, 3.63) is 50.5 Å². The molecule has 6 nitrogen and oxygen atoms in total. The molecule has 0 aliphatic heterocycles. The Hall–Kier alpha value is -2.23. The number of hydrogen-bond donors (Lipinski definition) is 2. The molecule has 0 fully saturated rings. The van der Waals surface area contributed by atoms with Gasteiger partial charge in [0.05, 0.1) is 16.4 Å². The smallest absolute Gasteiger partial charge is 0.359 e. The van der Waals surface area contributed by atoms with Crippen LogP contribution in [-0.2, 0) is 9.53 Å². The molecule has 1 atom stereocenters. The van der Waals surface area contributed by atoms with E-state index in [4.69, 9.17) is 45.3 Å². The zero-order valence-electron chi connectivity index (χ0n) is 13.2. The van der Waals surface area contributed by atoms with E-state index in [2.05, 4.69) is 4.98 Å². The van der Waals surface area contributed by atoms with E-state index < -0.39 is 46.8 Å². The molecule has 0 spiro atoms. The zero-order valence-corrected chi connectivity index (χ0v) is 15.5. The molecule has 0 aliphatic rings. The highest BCUT2D eigenvalue weighted by Gasteiger charge is 2.26. The van der Waals surface area contributed by atoms with E-state index in [1.807, 2.05) is 5.32 Å². The summed E-state index contributed by atoms with van der Waals surface area (Å²) in [4.78, 5) is 27.8. The Morgan fingerprint density at radius 1 is 1.15 bits per heavy atom. The summed E-state index contributed by atoms with van der Waals surface area (Å²) in [5, 5.41) is 1.14. The van der Waals surface area contributed by atoms with Gasteiger partial charge in [0.15, 0.2) is 34.4 Å². The molecule has 0 aliphatic carbocycles. The van der Waals surface area contributed by atoms with Crippen molar-refractivity contribution in [2.75, 3.05) is 11.1 Å². The van der Waals surface area contributed by atoms with Crippen molar-refractivity contribution in [2.45, 2.75) is 13.0 Å². The van der Waals surface area contributed by atoms with E-state index in [9.17, 15) is 22.8 Å². The molecule has 0 bridgehead atoms. The third kappa shape index (κ3) is 4.37. The highest BCUT2D eigenvalue weighted by atomic mass is 35.5. The van der Waals surface area contributed by atoms with Crippen LogP contribution in [0.2, 0.25) is 15.2 Å². The largest absolute Gasteiger partial charge is 0.448 e. The molecule has 1 heterocycles. The Bertz CT molecular complexity index is 944. The molecule has 12 heteroatoms. The predicted octanol–water partition coefficient (Wildman–Crippen LogP) is 4.23. The lowest BCUT2D eigenvalue weighted by atomic mass is 10.2. The number of nitrogens with zero attached hydrogens (tertiary/aromatic N) is 1. The molecule has 0 radical (unpaired) electrons. The number of carbonyl (C=O) groups is 2. The number of amides is 1. The summed E-state index contributed by atoms with van der Waals surface area (Å²) in [6.07, 6.45) is -1.49. The number of aromatic nitrogens is 1. The van der Waals surface area contributed by atoms with E-state index in [1.165, 1.54) is 0 Å². The zero-order chi connectivity index (χ0) is 20.5. The standard InChI is InChI=1S/C15H9Cl3F3N3O3/c1-4(14(25)23-6-3-2-5(19)9(20)10(6)21)27-15(26)12-7(16)11(22)8(17)13(18)24-12/h2-4H,1H3,(H2,22,24)(H,23,25)/t4-/m0/s1. The van der Waals surface area contributed by atoms with Crippen LogP contribution in [0.3, 0.4) is 0 Å². The molecule has 27 heavy (non-hydrogen) atoms. The van der Waals surface area contributed by atoms with Gasteiger partial charge in [0, 0.05) is 0 Å². The number of ether oxygens (including phenoxy) is 1. The summed E-state index contributed by atoms with van der Waals surface area (Å²) < 4.78 is 44.5. The first-order valence-electron chi connectivity index (χ1n) is 6.99. The lowest BCUT2D eigenvalue weighted by Crippen LogP contribution is -2.30. The monoisotopic (exact) mass is 441 g/mol. The Morgan fingerprint density at radius 3 is 2.41 bits per heavy atom. The second kappa shape index (κ2) is 8.20. The summed E-state index contributed by atoms with van der Waals surface area (Å²) in [7, 11) is 0. The third-order valence-corrected chi connectivity index (χ3v) is 4.35. The van der Waals surface area contributed by atoms with Crippen LogP contribution in [0.25, 0.3) is 0 Å². The number of rotatable bonds is 4. The second-order valence-corrected chi connectivity index (χ2v) is 6.17. The maximum atomic E-state index is 13.6. The summed E-state index contributed by atoms with van der Waals surface area (Å²) in [6, 6.07) is 1.42. The summed E-state index contributed by atoms with van der Waals surface area (Å²) in [6.45, 7) is 1.14. The van der Waals surface area contributed by atoms with Gasteiger partial charge in [-0.05, 0) is 19.1 Å². The third-order valence-electron chi connectivity index (χ3n) is 3.21.